The lowest BCUT2D eigenvalue weighted by atomic mass is 10.2. The molecule has 24 heavy (non-hydrogen) atoms. The molecule has 0 unspecified atom stereocenters. The second kappa shape index (κ2) is 6.79. The Bertz CT molecular complexity index is 847. The van der Waals surface area contributed by atoms with Gasteiger partial charge in [-0.05, 0) is 55.0 Å². The number of fused-ring (bicyclic) bond motifs is 1. The van der Waals surface area contributed by atoms with Crippen LogP contribution in [0.5, 0.6) is 17.2 Å². The van der Waals surface area contributed by atoms with Gasteiger partial charge in [0.05, 0.1) is 17.7 Å². The molecule has 2 aromatic rings. The predicted octanol–water partition coefficient (Wildman–Crippen LogP) is 2.13. The number of hydrazone groups is 1. The zero-order valence-electron chi connectivity index (χ0n) is 12.9. The Morgan fingerprint density at radius 1 is 1.17 bits per heavy atom. The number of ether oxygens (including phenoxy) is 3. The fourth-order valence-electron chi connectivity index (χ4n) is 2.10. The third kappa shape index (κ3) is 3.60. The fraction of sp³-hybridized carbons (Fsp3) is 0.188. The molecule has 0 aromatic heterocycles. The van der Waals surface area contributed by atoms with Gasteiger partial charge in [-0.25, -0.2) is 4.83 Å². The van der Waals surface area contributed by atoms with Crippen molar-refractivity contribution in [2.45, 2.75) is 11.8 Å². The summed E-state index contributed by atoms with van der Waals surface area (Å²) in [6.45, 7) is 2.56. The summed E-state index contributed by atoms with van der Waals surface area (Å²) in [6.07, 6.45) is 1.40. The quantitative estimate of drug-likeness (QED) is 0.638. The molecule has 1 aliphatic rings. The molecule has 126 valence electrons. The van der Waals surface area contributed by atoms with Crippen molar-refractivity contribution >= 4 is 16.2 Å². The van der Waals surface area contributed by atoms with E-state index in [4.69, 9.17) is 14.2 Å². The molecule has 0 saturated heterocycles. The van der Waals surface area contributed by atoms with E-state index in [0.717, 1.165) is 0 Å². The molecule has 0 saturated carbocycles. The Balaban J connectivity index is 1.68. The van der Waals surface area contributed by atoms with Crippen molar-refractivity contribution in [2.75, 3.05) is 13.4 Å². The number of hydrogen-bond acceptors (Lipinski definition) is 6. The maximum atomic E-state index is 12.2. The van der Waals surface area contributed by atoms with Gasteiger partial charge in [0.1, 0.15) is 5.75 Å². The van der Waals surface area contributed by atoms with Crippen LogP contribution in [0, 0.1) is 0 Å². The number of nitrogens with one attached hydrogen (secondary N) is 1. The van der Waals surface area contributed by atoms with Crippen LogP contribution >= 0.6 is 0 Å². The highest BCUT2D eigenvalue weighted by Gasteiger charge is 2.14. The van der Waals surface area contributed by atoms with Crippen LogP contribution in [-0.2, 0) is 10.0 Å². The molecular formula is C16H16N2O5S. The second-order valence-corrected chi connectivity index (χ2v) is 6.53. The van der Waals surface area contributed by atoms with E-state index in [2.05, 4.69) is 9.93 Å². The number of hydrogen-bond donors (Lipinski definition) is 1. The van der Waals surface area contributed by atoms with Crippen LogP contribution in [-0.4, -0.2) is 28.0 Å². The number of rotatable bonds is 6. The summed E-state index contributed by atoms with van der Waals surface area (Å²) in [6, 6.07) is 11.3. The molecule has 1 N–H and O–H groups in total. The van der Waals surface area contributed by atoms with Gasteiger partial charge >= 0.3 is 0 Å². The molecule has 8 heteroatoms. The van der Waals surface area contributed by atoms with Crippen molar-refractivity contribution in [3.8, 4) is 17.2 Å². The van der Waals surface area contributed by atoms with Gasteiger partial charge in [0.25, 0.3) is 10.0 Å². The van der Waals surface area contributed by atoms with Crippen LogP contribution in [0.1, 0.15) is 12.5 Å². The van der Waals surface area contributed by atoms with Crippen LogP contribution in [0.15, 0.2) is 52.5 Å². The highest BCUT2D eigenvalue weighted by atomic mass is 32.2. The first-order valence-electron chi connectivity index (χ1n) is 7.26. The van der Waals surface area contributed by atoms with Gasteiger partial charge in [-0.3, -0.25) is 0 Å². The van der Waals surface area contributed by atoms with Crippen LogP contribution < -0.4 is 19.0 Å². The summed E-state index contributed by atoms with van der Waals surface area (Å²) in [5.41, 5.74) is 0.689. The molecule has 1 aliphatic heterocycles. The Labute approximate surface area is 139 Å². The van der Waals surface area contributed by atoms with Crippen molar-refractivity contribution in [2.24, 2.45) is 5.10 Å². The third-order valence-corrected chi connectivity index (χ3v) is 4.47. The van der Waals surface area contributed by atoms with E-state index in [0.29, 0.717) is 29.4 Å². The monoisotopic (exact) mass is 348 g/mol. The van der Waals surface area contributed by atoms with Gasteiger partial charge in [0.15, 0.2) is 11.5 Å². The first-order chi connectivity index (χ1) is 11.6. The summed E-state index contributed by atoms with van der Waals surface area (Å²) >= 11 is 0. The Hall–Kier alpha value is -2.74. The van der Waals surface area contributed by atoms with E-state index >= 15 is 0 Å². The van der Waals surface area contributed by atoms with E-state index < -0.39 is 10.0 Å². The maximum Gasteiger partial charge on any atom is 0.276 e. The highest BCUT2D eigenvalue weighted by molar-refractivity contribution is 7.89. The van der Waals surface area contributed by atoms with E-state index in [1.54, 1.807) is 30.3 Å². The first-order valence-corrected chi connectivity index (χ1v) is 8.74. The molecular weight excluding hydrogens is 332 g/mol. The summed E-state index contributed by atoms with van der Waals surface area (Å²) in [5, 5.41) is 3.78. The Kier molecular flexibility index (Phi) is 4.57. The molecule has 0 fully saturated rings. The Morgan fingerprint density at radius 2 is 1.92 bits per heavy atom. The molecule has 1 heterocycles. The van der Waals surface area contributed by atoms with Gasteiger partial charge in [-0.2, -0.15) is 13.5 Å². The summed E-state index contributed by atoms with van der Waals surface area (Å²) in [7, 11) is -3.73. The van der Waals surface area contributed by atoms with Gasteiger partial charge in [0, 0.05) is 0 Å². The highest BCUT2D eigenvalue weighted by Crippen LogP contribution is 2.31. The van der Waals surface area contributed by atoms with Crippen molar-refractivity contribution in [3.63, 3.8) is 0 Å². The molecule has 0 radical (unpaired) electrons. The van der Waals surface area contributed by atoms with Crippen molar-refractivity contribution < 1.29 is 22.6 Å². The molecule has 0 aliphatic carbocycles. The lowest BCUT2D eigenvalue weighted by Gasteiger charge is -2.05. The van der Waals surface area contributed by atoms with E-state index in [-0.39, 0.29) is 11.7 Å². The van der Waals surface area contributed by atoms with Crippen LogP contribution in [0.3, 0.4) is 0 Å². The standard InChI is InChI=1S/C16H16N2O5S/c1-2-21-13-4-6-14(7-5-13)24(19,20)18-17-10-12-3-8-15-16(9-12)23-11-22-15/h3-10,18H,2,11H2,1H3/b17-10-. The minimum absolute atomic E-state index is 0.105. The summed E-state index contributed by atoms with van der Waals surface area (Å²) < 4.78 is 40.1. The number of benzene rings is 2. The van der Waals surface area contributed by atoms with Crippen LogP contribution in [0.25, 0.3) is 0 Å². The van der Waals surface area contributed by atoms with Crippen LogP contribution in [0.2, 0.25) is 0 Å². The predicted molar refractivity (Wildman–Crippen MR) is 88.1 cm³/mol. The molecule has 0 amide bonds. The lowest BCUT2D eigenvalue weighted by Crippen LogP contribution is -2.18. The molecule has 3 rings (SSSR count). The normalized spacial score (nSPS) is 13.2. The van der Waals surface area contributed by atoms with Gasteiger partial charge < -0.3 is 14.2 Å². The second-order valence-electron chi connectivity index (χ2n) is 4.87. The topological polar surface area (TPSA) is 86.2 Å². The first kappa shape index (κ1) is 16.1. The molecule has 0 bridgehead atoms. The van der Waals surface area contributed by atoms with E-state index in [9.17, 15) is 8.42 Å². The summed E-state index contributed by atoms with van der Waals surface area (Å²) in [4.78, 5) is 2.28. The van der Waals surface area contributed by atoms with Crippen molar-refractivity contribution in [1.82, 2.24) is 4.83 Å². The van der Waals surface area contributed by atoms with Gasteiger partial charge in [0.2, 0.25) is 6.79 Å². The zero-order chi connectivity index (χ0) is 17.0. The maximum absolute atomic E-state index is 12.2. The SMILES string of the molecule is CCOc1ccc(S(=O)(=O)N/N=C\c2ccc3c(c2)OCO3)cc1. The minimum Gasteiger partial charge on any atom is -0.494 e. The van der Waals surface area contributed by atoms with Crippen molar-refractivity contribution in [1.29, 1.82) is 0 Å². The average molecular weight is 348 g/mol. The molecule has 7 nitrogen and oxygen atoms in total. The Morgan fingerprint density at radius 3 is 2.67 bits per heavy atom. The zero-order valence-corrected chi connectivity index (χ0v) is 13.7. The molecule has 0 spiro atoms. The summed E-state index contributed by atoms with van der Waals surface area (Å²) in [5.74, 6) is 1.87. The fourth-order valence-corrected chi connectivity index (χ4v) is 2.89. The van der Waals surface area contributed by atoms with Crippen molar-refractivity contribution in [3.05, 3.63) is 48.0 Å². The minimum atomic E-state index is -3.73. The molecule has 2 aromatic carbocycles. The van der Waals surface area contributed by atoms with E-state index in [1.807, 2.05) is 6.92 Å². The van der Waals surface area contributed by atoms with Gasteiger partial charge in [-0.15, -0.1) is 0 Å². The average Bonchev–Trinajstić information content (AvgIpc) is 3.03. The van der Waals surface area contributed by atoms with Crippen LogP contribution in [0.4, 0.5) is 0 Å². The largest absolute Gasteiger partial charge is 0.494 e. The molecule has 0 atom stereocenters. The van der Waals surface area contributed by atoms with Gasteiger partial charge in [-0.1, -0.05) is 0 Å². The number of sulfonamides is 1. The third-order valence-electron chi connectivity index (χ3n) is 3.23. The number of nitrogens with zero attached hydrogens (tertiary/aromatic N) is 1. The smallest absolute Gasteiger partial charge is 0.276 e. The van der Waals surface area contributed by atoms with E-state index in [1.165, 1.54) is 18.3 Å². The lowest BCUT2D eigenvalue weighted by molar-refractivity contribution is 0.174.